The summed E-state index contributed by atoms with van der Waals surface area (Å²) >= 11 is 0. The largest absolute Gasteiger partial charge is 0.337 e. The number of hydrogen-bond acceptors (Lipinski definition) is 6. The summed E-state index contributed by atoms with van der Waals surface area (Å²) in [5.41, 5.74) is 1.90. The molecule has 0 atom stereocenters. The fourth-order valence-corrected chi connectivity index (χ4v) is 3.43. The van der Waals surface area contributed by atoms with Gasteiger partial charge in [0.1, 0.15) is 5.69 Å². The average Bonchev–Trinajstić information content (AvgIpc) is 3.20. The van der Waals surface area contributed by atoms with Crippen molar-refractivity contribution in [1.29, 1.82) is 0 Å². The van der Waals surface area contributed by atoms with Crippen molar-refractivity contribution in [1.82, 2.24) is 30.1 Å². The normalized spacial score (nSPS) is 14.6. The Morgan fingerprint density at radius 1 is 1.10 bits per heavy atom. The Kier molecular flexibility index (Phi) is 5.28. The van der Waals surface area contributed by atoms with Gasteiger partial charge in [0.05, 0.1) is 5.69 Å². The van der Waals surface area contributed by atoms with Crippen molar-refractivity contribution in [3.8, 4) is 5.69 Å². The number of tetrazole rings is 1. The van der Waals surface area contributed by atoms with Gasteiger partial charge in [-0.05, 0) is 60.5 Å². The van der Waals surface area contributed by atoms with E-state index in [4.69, 9.17) is 0 Å². The lowest BCUT2D eigenvalue weighted by Crippen LogP contribution is -2.41. The van der Waals surface area contributed by atoms with Gasteiger partial charge in [0, 0.05) is 30.9 Å². The Bertz CT molecular complexity index is 1010. The number of aryl methyl sites for hydroxylation is 1. The summed E-state index contributed by atoms with van der Waals surface area (Å²) in [4.78, 5) is 31.1. The molecule has 0 unspecified atom stereocenters. The molecular formula is C20H21N7O2. The third kappa shape index (κ3) is 4.13. The fourth-order valence-electron chi connectivity index (χ4n) is 3.43. The maximum absolute atomic E-state index is 12.7. The number of aromatic nitrogens is 5. The van der Waals surface area contributed by atoms with Crippen LogP contribution in [0.2, 0.25) is 0 Å². The quantitative estimate of drug-likeness (QED) is 0.728. The highest BCUT2D eigenvalue weighted by Gasteiger charge is 2.28. The molecular weight excluding hydrogens is 370 g/mol. The van der Waals surface area contributed by atoms with Crippen LogP contribution in [0, 0.1) is 12.8 Å². The third-order valence-corrected chi connectivity index (χ3v) is 5.02. The molecule has 0 bridgehead atoms. The number of likely N-dealkylation sites (tertiary alicyclic amines) is 1. The summed E-state index contributed by atoms with van der Waals surface area (Å²) in [7, 11) is 0. The van der Waals surface area contributed by atoms with Crippen LogP contribution in [0.5, 0.6) is 0 Å². The molecule has 1 saturated heterocycles. The lowest BCUT2D eigenvalue weighted by molar-refractivity contribution is -0.121. The van der Waals surface area contributed by atoms with Gasteiger partial charge >= 0.3 is 0 Å². The number of carbonyl (C=O) groups excluding carboxylic acids is 2. The summed E-state index contributed by atoms with van der Waals surface area (Å²) < 4.78 is 1.61. The smallest absolute Gasteiger partial charge is 0.272 e. The Labute approximate surface area is 167 Å². The number of rotatable bonds is 4. The predicted octanol–water partition coefficient (Wildman–Crippen LogP) is 1.86. The monoisotopic (exact) mass is 391 g/mol. The molecule has 148 valence electrons. The first-order chi connectivity index (χ1) is 14.1. The SMILES string of the molecule is Cc1nnnn1-c1cccc(NC(=O)C2CCN(C(=O)c3ccccn3)CC2)c1. The molecule has 3 heterocycles. The maximum Gasteiger partial charge on any atom is 0.272 e. The van der Waals surface area contributed by atoms with E-state index < -0.39 is 0 Å². The second kappa shape index (κ2) is 8.17. The number of hydrogen-bond donors (Lipinski definition) is 1. The number of anilines is 1. The average molecular weight is 391 g/mol. The van der Waals surface area contributed by atoms with Crippen LogP contribution in [0.4, 0.5) is 5.69 Å². The lowest BCUT2D eigenvalue weighted by atomic mass is 9.95. The molecule has 2 amide bonds. The van der Waals surface area contributed by atoms with Crippen molar-refractivity contribution in [3.05, 3.63) is 60.2 Å². The number of pyridine rings is 1. The molecule has 1 N–H and O–H groups in total. The van der Waals surface area contributed by atoms with Gasteiger partial charge in [-0.1, -0.05) is 12.1 Å². The Morgan fingerprint density at radius 3 is 2.62 bits per heavy atom. The summed E-state index contributed by atoms with van der Waals surface area (Å²) in [6.45, 7) is 2.89. The Balaban J connectivity index is 1.36. The highest BCUT2D eigenvalue weighted by atomic mass is 16.2. The first kappa shape index (κ1) is 18.7. The molecule has 9 heteroatoms. The van der Waals surface area contributed by atoms with Gasteiger partial charge in [-0.25, -0.2) is 0 Å². The van der Waals surface area contributed by atoms with Gasteiger partial charge in [-0.2, -0.15) is 4.68 Å². The summed E-state index contributed by atoms with van der Waals surface area (Å²) in [5.74, 6) is 0.397. The van der Waals surface area contributed by atoms with Crippen molar-refractivity contribution >= 4 is 17.5 Å². The van der Waals surface area contributed by atoms with Crippen LogP contribution in [0.3, 0.4) is 0 Å². The van der Waals surface area contributed by atoms with Crippen molar-refractivity contribution in [3.63, 3.8) is 0 Å². The highest BCUT2D eigenvalue weighted by Crippen LogP contribution is 2.22. The molecule has 1 aliphatic heterocycles. The molecule has 0 saturated carbocycles. The molecule has 1 fully saturated rings. The van der Waals surface area contributed by atoms with Gasteiger partial charge in [0.15, 0.2) is 5.82 Å². The molecule has 2 aromatic heterocycles. The van der Waals surface area contributed by atoms with Crippen LogP contribution in [0.15, 0.2) is 48.7 Å². The molecule has 0 aliphatic carbocycles. The second-order valence-corrected chi connectivity index (χ2v) is 6.96. The summed E-state index contributed by atoms with van der Waals surface area (Å²) in [5, 5.41) is 14.4. The van der Waals surface area contributed by atoms with Crippen LogP contribution in [0.25, 0.3) is 5.69 Å². The number of nitrogens with one attached hydrogen (secondary N) is 1. The Hall–Kier alpha value is -3.62. The number of nitrogens with zero attached hydrogens (tertiary/aromatic N) is 6. The third-order valence-electron chi connectivity index (χ3n) is 5.02. The number of amides is 2. The van der Waals surface area contributed by atoms with Crippen LogP contribution in [-0.4, -0.2) is 55.0 Å². The standard InChI is InChI=1S/C20H21N7O2/c1-14-23-24-25-27(14)17-6-4-5-16(13-17)22-19(28)15-8-11-26(12-9-15)20(29)18-7-2-3-10-21-18/h2-7,10,13,15H,8-9,11-12H2,1H3,(H,22,28). The zero-order valence-corrected chi connectivity index (χ0v) is 16.0. The van der Waals surface area contributed by atoms with E-state index in [1.54, 1.807) is 34.0 Å². The minimum Gasteiger partial charge on any atom is -0.337 e. The molecule has 1 aliphatic rings. The van der Waals surface area contributed by atoms with Crippen molar-refractivity contribution in [2.75, 3.05) is 18.4 Å². The van der Waals surface area contributed by atoms with Crippen LogP contribution in [-0.2, 0) is 4.79 Å². The van der Waals surface area contributed by atoms with E-state index in [0.717, 1.165) is 5.69 Å². The van der Waals surface area contributed by atoms with E-state index >= 15 is 0 Å². The van der Waals surface area contributed by atoms with Crippen LogP contribution in [0.1, 0.15) is 29.2 Å². The first-order valence-electron chi connectivity index (χ1n) is 9.48. The highest BCUT2D eigenvalue weighted by molar-refractivity contribution is 5.94. The van der Waals surface area contributed by atoms with E-state index in [2.05, 4.69) is 25.8 Å². The second-order valence-electron chi connectivity index (χ2n) is 6.96. The number of benzene rings is 1. The van der Waals surface area contributed by atoms with Gasteiger partial charge in [-0.3, -0.25) is 14.6 Å². The lowest BCUT2D eigenvalue weighted by Gasteiger charge is -2.31. The fraction of sp³-hybridized carbons (Fsp3) is 0.300. The van der Waals surface area contributed by atoms with E-state index in [1.165, 1.54) is 0 Å². The van der Waals surface area contributed by atoms with E-state index in [-0.39, 0.29) is 17.7 Å². The molecule has 0 spiro atoms. The van der Waals surface area contributed by atoms with Gasteiger partial charge in [0.2, 0.25) is 5.91 Å². The van der Waals surface area contributed by atoms with E-state index in [1.807, 2.05) is 31.2 Å². The zero-order chi connectivity index (χ0) is 20.2. The molecule has 9 nitrogen and oxygen atoms in total. The topological polar surface area (TPSA) is 106 Å². The van der Waals surface area contributed by atoms with E-state index in [9.17, 15) is 9.59 Å². The van der Waals surface area contributed by atoms with Crippen molar-refractivity contribution < 1.29 is 9.59 Å². The molecule has 3 aromatic rings. The molecule has 0 radical (unpaired) electrons. The van der Waals surface area contributed by atoms with Gasteiger partial charge in [0.25, 0.3) is 5.91 Å². The number of carbonyl (C=O) groups is 2. The summed E-state index contributed by atoms with van der Waals surface area (Å²) in [6.07, 6.45) is 2.85. The molecule has 4 rings (SSSR count). The molecule has 1 aromatic carbocycles. The zero-order valence-electron chi connectivity index (χ0n) is 16.0. The van der Waals surface area contributed by atoms with Crippen LogP contribution < -0.4 is 5.32 Å². The minimum atomic E-state index is -0.138. The van der Waals surface area contributed by atoms with E-state index in [0.29, 0.717) is 43.1 Å². The maximum atomic E-state index is 12.7. The number of piperidine rings is 1. The summed E-state index contributed by atoms with van der Waals surface area (Å²) in [6, 6.07) is 12.7. The van der Waals surface area contributed by atoms with Crippen molar-refractivity contribution in [2.45, 2.75) is 19.8 Å². The predicted molar refractivity (Wildman–Crippen MR) is 105 cm³/mol. The van der Waals surface area contributed by atoms with Gasteiger partial charge in [-0.15, -0.1) is 5.10 Å². The first-order valence-corrected chi connectivity index (χ1v) is 9.48. The van der Waals surface area contributed by atoms with Gasteiger partial charge < -0.3 is 10.2 Å². The van der Waals surface area contributed by atoms with Crippen LogP contribution >= 0.6 is 0 Å². The minimum absolute atomic E-state index is 0.0412. The Morgan fingerprint density at radius 2 is 1.93 bits per heavy atom. The van der Waals surface area contributed by atoms with Crippen molar-refractivity contribution in [2.24, 2.45) is 5.92 Å². The molecule has 29 heavy (non-hydrogen) atoms.